The van der Waals surface area contributed by atoms with E-state index in [4.69, 9.17) is 22.1 Å². The van der Waals surface area contributed by atoms with Crippen molar-refractivity contribution < 1.29 is 35.5 Å². The minimum absolute atomic E-state index is 0.117. The molecule has 7 nitrogen and oxygen atoms in total. The fraction of sp³-hybridized carbons (Fsp3) is 0.343. The molecule has 2 atom stereocenters. The van der Waals surface area contributed by atoms with Gasteiger partial charge in [-0.05, 0) is 90.4 Å². The van der Waals surface area contributed by atoms with Crippen LogP contribution in [0.15, 0.2) is 89.8 Å². The van der Waals surface area contributed by atoms with Crippen molar-refractivity contribution in [2.24, 2.45) is 5.73 Å². The van der Waals surface area contributed by atoms with E-state index in [2.05, 4.69) is 0 Å². The van der Waals surface area contributed by atoms with Crippen molar-refractivity contribution in [3.05, 3.63) is 95.5 Å². The van der Waals surface area contributed by atoms with E-state index in [-0.39, 0.29) is 24.0 Å². The van der Waals surface area contributed by atoms with E-state index in [0.717, 1.165) is 37.8 Å². The van der Waals surface area contributed by atoms with Gasteiger partial charge < -0.3 is 15.4 Å². The smallest absolute Gasteiger partial charge is 0.298 e. The van der Waals surface area contributed by atoms with Gasteiger partial charge in [-0.15, -0.1) is 0 Å². The lowest BCUT2D eigenvalue weighted by molar-refractivity contribution is -0.155. The molecule has 48 heavy (non-hydrogen) atoms. The molecule has 4 aromatic carbocycles. The van der Waals surface area contributed by atoms with Gasteiger partial charge in [-0.1, -0.05) is 60.1 Å². The number of sulfonamides is 1. The highest BCUT2D eigenvalue weighted by molar-refractivity contribution is 7.89. The molecule has 0 radical (unpaired) electrons. The molecule has 1 aliphatic carbocycles. The first kappa shape index (κ1) is 34.2. The third kappa shape index (κ3) is 7.17. The quantitative estimate of drug-likeness (QED) is 0.181. The average molecular weight is 704 g/mol. The van der Waals surface area contributed by atoms with Gasteiger partial charge in [0.15, 0.2) is 6.04 Å². The second-order valence-corrected chi connectivity index (χ2v) is 14.5. The Hall–Kier alpha value is -3.71. The Morgan fingerprint density at radius 1 is 0.917 bits per heavy atom. The molecule has 2 unspecified atom stereocenters. The van der Waals surface area contributed by atoms with Crippen molar-refractivity contribution in [1.29, 1.82) is 0 Å². The Morgan fingerprint density at radius 2 is 1.52 bits per heavy atom. The summed E-state index contributed by atoms with van der Waals surface area (Å²) in [5.41, 5.74) is 6.07. The monoisotopic (exact) mass is 703 g/mol. The molecule has 1 aliphatic heterocycles. The zero-order chi connectivity index (χ0) is 34.3. The second-order valence-electron chi connectivity index (χ2n) is 12.4. The van der Waals surface area contributed by atoms with Gasteiger partial charge in [-0.3, -0.25) is 4.79 Å². The van der Waals surface area contributed by atoms with E-state index in [1.165, 1.54) is 30.3 Å². The first-order valence-corrected chi connectivity index (χ1v) is 17.5. The number of rotatable bonds is 9. The van der Waals surface area contributed by atoms with Crippen molar-refractivity contribution in [1.82, 2.24) is 9.62 Å². The summed E-state index contributed by atoms with van der Waals surface area (Å²) in [5, 5.41) is 1.65. The second kappa shape index (κ2) is 13.3. The maximum Gasteiger partial charge on any atom is 0.298 e. The normalized spacial score (nSPS) is 19.4. The van der Waals surface area contributed by atoms with Gasteiger partial charge in [0.05, 0.1) is 23.6 Å². The van der Waals surface area contributed by atoms with Gasteiger partial charge in [-0.25, -0.2) is 17.2 Å². The highest BCUT2D eigenvalue weighted by Crippen LogP contribution is 2.37. The number of carbonyl (C=O) groups is 1. The number of piperidine rings is 1. The molecular formula is C35H34ClF4N3O4S. The maximum absolute atomic E-state index is 16.4. The van der Waals surface area contributed by atoms with Crippen LogP contribution >= 0.6 is 11.6 Å². The number of carbonyl (C=O) groups excluding carboxylic acids is 1. The van der Waals surface area contributed by atoms with Crippen LogP contribution in [-0.4, -0.2) is 56.4 Å². The number of likely N-dealkylation sites (tertiary alicyclic amines) is 1. The van der Waals surface area contributed by atoms with Crippen LogP contribution in [0.2, 0.25) is 5.02 Å². The molecule has 254 valence electrons. The van der Waals surface area contributed by atoms with Crippen LogP contribution in [0.25, 0.3) is 21.9 Å². The molecule has 0 bridgehead atoms. The summed E-state index contributed by atoms with van der Waals surface area (Å²) in [6.07, 6.45) is 3.87. The third-order valence-corrected chi connectivity index (χ3v) is 10.7. The largest absolute Gasteiger partial charge is 0.490 e. The van der Waals surface area contributed by atoms with Crippen molar-refractivity contribution >= 4 is 38.3 Å². The van der Waals surface area contributed by atoms with Crippen molar-refractivity contribution in [3.8, 4) is 16.9 Å². The van der Waals surface area contributed by atoms with Crippen LogP contribution in [-0.2, 0) is 20.7 Å². The molecule has 2 aliphatic rings. The SMILES string of the molecule is NC1CCN(C(=O)C(NS(=O)(=O)c2ccc3cc(OC4CCCC4)ccc3c2)C(F)(F)c2ccc(-c3ccc(Cl)cc3)cc2)CC1(F)F. The Kier molecular flexibility index (Phi) is 9.47. The van der Waals surface area contributed by atoms with Gasteiger partial charge in [0.25, 0.3) is 11.8 Å². The summed E-state index contributed by atoms with van der Waals surface area (Å²) in [4.78, 5) is 13.8. The fourth-order valence-electron chi connectivity index (χ4n) is 6.17. The van der Waals surface area contributed by atoms with Crippen molar-refractivity contribution in [2.75, 3.05) is 13.1 Å². The lowest BCUT2D eigenvalue weighted by atomic mass is 9.95. The number of halogens is 5. The number of hydrogen-bond donors (Lipinski definition) is 2. The first-order chi connectivity index (χ1) is 22.7. The van der Waals surface area contributed by atoms with E-state index < -0.39 is 52.0 Å². The zero-order valence-electron chi connectivity index (χ0n) is 25.7. The number of alkyl halides is 4. The Morgan fingerprint density at radius 3 is 2.17 bits per heavy atom. The van der Waals surface area contributed by atoms with Crippen LogP contribution in [0, 0.1) is 0 Å². The third-order valence-electron chi connectivity index (χ3n) is 8.99. The van der Waals surface area contributed by atoms with Crippen LogP contribution < -0.4 is 15.2 Å². The number of benzene rings is 4. The lowest BCUT2D eigenvalue weighted by Gasteiger charge is -2.39. The van der Waals surface area contributed by atoms with Crippen molar-refractivity contribution in [2.45, 2.75) is 67.0 Å². The van der Waals surface area contributed by atoms with Gasteiger partial charge in [0.1, 0.15) is 5.75 Å². The summed E-state index contributed by atoms with van der Waals surface area (Å²) in [5.74, 6) is -8.56. The minimum Gasteiger partial charge on any atom is -0.490 e. The van der Waals surface area contributed by atoms with E-state index in [0.29, 0.717) is 37.6 Å². The topological polar surface area (TPSA) is 102 Å². The number of ether oxygens (including phenoxy) is 1. The van der Waals surface area contributed by atoms with Crippen LogP contribution in [0.1, 0.15) is 37.7 Å². The predicted molar refractivity (Wildman–Crippen MR) is 176 cm³/mol. The van der Waals surface area contributed by atoms with E-state index >= 15 is 8.78 Å². The Bertz CT molecular complexity index is 1900. The number of nitrogens with two attached hydrogens (primary N) is 1. The van der Waals surface area contributed by atoms with E-state index in [1.54, 1.807) is 42.5 Å². The minimum atomic E-state index is -4.78. The summed E-state index contributed by atoms with van der Waals surface area (Å²) in [6, 6.07) is 16.5. The standard InChI is InChI=1S/C35H34ClF4N3O4S/c36-27-13-7-23(8-14-27)22-5-11-26(12-6-22)35(39,40)32(33(44)43-18-17-31(41)34(37,38)21-43)42-48(45,46)30-16-10-24-19-29(15-9-25(24)20-30)47-28-3-1-2-4-28/h5-16,19-20,28,31-32,42H,1-4,17-18,21,41H2. The molecule has 1 saturated heterocycles. The summed E-state index contributed by atoms with van der Waals surface area (Å²) in [6.45, 7) is -1.57. The highest BCUT2D eigenvalue weighted by atomic mass is 35.5. The molecule has 2 fully saturated rings. The predicted octanol–water partition coefficient (Wildman–Crippen LogP) is 7.12. The van der Waals surface area contributed by atoms with E-state index in [9.17, 15) is 22.0 Å². The fourth-order valence-corrected chi connectivity index (χ4v) is 7.52. The number of hydrogen-bond acceptors (Lipinski definition) is 5. The first-order valence-electron chi connectivity index (χ1n) is 15.6. The molecule has 1 amide bonds. The highest BCUT2D eigenvalue weighted by Gasteiger charge is 2.52. The molecule has 13 heteroatoms. The summed E-state index contributed by atoms with van der Waals surface area (Å²) >= 11 is 5.95. The lowest BCUT2D eigenvalue weighted by Crippen LogP contribution is -2.62. The molecule has 4 aromatic rings. The van der Waals surface area contributed by atoms with Crippen LogP contribution in [0.4, 0.5) is 17.6 Å². The Labute approximate surface area is 281 Å². The van der Waals surface area contributed by atoms with Gasteiger partial charge >= 0.3 is 0 Å². The molecule has 0 spiro atoms. The van der Waals surface area contributed by atoms with Crippen molar-refractivity contribution in [3.63, 3.8) is 0 Å². The number of nitrogens with zero attached hydrogens (tertiary/aromatic N) is 1. The summed E-state index contributed by atoms with van der Waals surface area (Å²) in [7, 11) is -4.78. The molecule has 3 N–H and O–H groups in total. The van der Waals surface area contributed by atoms with Gasteiger partial charge in [0.2, 0.25) is 15.9 Å². The molecule has 6 rings (SSSR count). The number of nitrogens with one attached hydrogen (secondary N) is 1. The van der Waals surface area contributed by atoms with Gasteiger partial charge in [0, 0.05) is 17.1 Å². The molecule has 1 saturated carbocycles. The summed E-state index contributed by atoms with van der Waals surface area (Å²) < 4.78 is 97.1. The van der Waals surface area contributed by atoms with E-state index in [1.807, 2.05) is 4.72 Å². The number of fused-ring (bicyclic) bond motifs is 1. The Balaban J connectivity index is 1.31. The number of amides is 1. The molecule has 1 heterocycles. The molecule has 0 aromatic heterocycles. The zero-order valence-corrected chi connectivity index (χ0v) is 27.3. The van der Waals surface area contributed by atoms with Gasteiger partial charge in [-0.2, -0.15) is 13.5 Å². The van der Waals surface area contributed by atoms with Crippen LogP contribution in [0.5, 0.6) is 5.75 Å². The average Bonchev–Trinajstić information content (AvgIpc) is 3.58. The molecular weight excluding hydrogens is 670 g/mol. The maximum atomic E-state index is 16.4. The van der Waals surface area contributed by atoms with Crippen LogP contribution in [0.3, 0.4) is 0 Å².